The molecule has 0 aromatic heterocycles. The minimum atomic E-state index is -0.0596. The number of aliphatic hydroxyl groups is 1. The first kappa shape index (κ1) is 17.0. The lowest BCUT2D eigenvalue weighted by molar-refractivity contribution is -0.0726. The number of hydrogen-bond acceptors (Lipinski definition) is 2. The lowest BCUT2D eigenvalue weighted by Crippen LogP contribution is -2.47. The summed E-state index contributed by atoms with van der Waals surface area (Å²) in [4.78, 5) is 0. The average Bonchev–Trinajstić information content (AvgIpc) is 2.89. The Kier molecular flexibility index (Phi) is 4.62. The van der Waals surface area contributed by atoms with Gasteiger partial charge in [0.1, 0.15) is 0 Å². The standard InChI is InChI=1S/C21H33NO/c1-15-4-5-17-12-18(23)7-11-21(17,3)19(15)8-10-20(2)9-6-16(13-20)14-22/h13,15,17-19,23H,4-12H2,1-3H3/t15-,17+,18-,19+,20-,21+/m0/s1. The molecule has 0 aliphatic heterocycles. The van der Waals surface area contributed by atoms with Crippen LogP contribution in [-0.4, -0.2) is 11.2 Å². The second kappa shape index (κ2) is 6.25. The summed E-state index contributed by atoms with van der Waals surface area (Å²) in [5.41, 5.74) is 1.66. The fraction of sp³-hybridized carbons (Fsp3) is 0.857. The third kappa shape index (κ3) is 3.22. The maximum absolute atomic E-state index is 10.1. The molecular weight excluding hydrogens is 282 g/mol. The quantitative estimate of drug-likeness (QED) is 0.775. The monoisotopic (exact) mass is 315 g/mol. The second-order valence-corrected chi connectivity index (χ2v) is 9.27. The van der Waals surface area contributed by atoms with Crippen molar-refractivity contribution in [2.45, 2.75) is 84.7 Å². The first-order valence-electron chi connectivity index (χ1n) is 9.66. The van der Waals surface area contributed by atoms with Gasteiger partial charge in [0.05, 0.1) is 12.2 Å². The second-order valence-electron chi connectivity index (χ2n) is 9.27. The molecule has 128 valence electrons. The summed E-state index contributed by atoms with van der Waals surface area (Å²) in [5, 5.41) is 19.2. The first-order chi connectivity index (χ1) is 10.9. The van der Waals surface area contributed by atoms with E-state index < -0.39 is 0 Å². The predicted octanol–water partition coefficient (Wildman–Crippen LogP) is 5.23. The van der Waals surface area contributed by atoms with Crippen LogP contribution < -0.4 is 0 Å². The molecule has 0 saturated heterocycles. The fourth-order valence-corrected chi connectivity index (χ4v) is 6.02. The van der Waals surface area contributed by atoms with E-state index in [0.29, 0.717) is 11.3 Å². The Morgan fingerprint density at radius 1 is 1.26 bits per heavy atom. The van der Waals surface area contributed by atoms with Gasteiger partial charge in [-0.1, -0.05) is 33.3 Å². The number of rotatable bonds is 3. The Bertz CT molecular complexity index is 518. The summed E-state index contributed by atoms with van der Waals surface area (Å²) in [6.07, 6.45) is 12.7. The van der Waals surface area contributed by atoms with Gasteiger partial charge < -0.3 is 5.11 Å². The highest BCUT2D eigenvalue weighted by atomic mass is 16.3. The van der Waals surface area contributed by atoms with Gasteiger partial charge in [0, 0.05) is 5.57 Å². The third-order valence-corrected chi connectivity index (χ3v) is 7.67. The Balaban J connectivity index is 1.70. The Hall–Kier alpha value is -0.810. The molecule has 6 atom stereocenters. The zero-order valence-electron chi connectivity index (χ0n) is 15.1. The molecule has 23 heavy (non-hydrogen) atoms. The molecule has 0 spiro atoms. The molecule has 1 N–H and O–H groups in total. The molecule has 0 bridgehead atoms. The van der Waals surface area contributed by atoms with Gasteiger partial charge in [0.15, 0.2) is 0 Å². The summed E-state index contributed by atoms with van der Waals surface area (Å²) >= 11 is 0. The van der Waals surface area contributed by atoms with Crippen LogP contribution in [0.5, 0.6) is 0 Å². The van der Waals surface area contributed by atoms with Gasteiger partial charge in [-0.15, -0.1) is 0 Å². The molecular formula is C21H33NO. The number of hydrogen-bond donors (Lipinski definition) is 1. The van der Waals surface area contributed by atoms with E-state index in [1.807, 2.05) is 0 Å². The van der Waals surface area contributed by atoms with E-state index in [-0.39, 0.29) is 11.5 Å². The minimum absolute atomic E-state index is 0.0596. The van der Waals surface area contributed by atoms with Crippen molar-refractivity contribution < 1.29 is 5.11 Å². The maximum Gasteiger partial charge on any atom is 0.0943 e. The topological polar surface area (TPSA) is 44.0 Å². The van der Waals surface area contributed by atoms with Crippen molar-refractivity contribution >= 4 is 0 Å². The highest BCUT2D eigenvalue weighted by Crippen LogP contribution is 2.57. The Labute approximate surface area is 142 Å². The molecule has 0 aromatic carbocycles. The highest BCUT2D eigenvalue weighted by molar-refractivity contribution is 5.28. The Morgan fingerprint density at radius 3 is 2.74 bits per heavy atom. The third-order valence-electron chi connectivity index (χ3n) is 7.67. The van der Waals surface area contributed by atoms with Gasteiger partial charge >= 0.3 is 0 Å². The smallest absolute Gasteiger partial charge is 0.0943 e. The lowest BCUT2D eigenvalue weighted by atomic mass is 9.51. The van der Waals surface area contributed by atoms with Crippen molar-refractivity contribution in [1.82, 2.24) is 0 Å². The summed E-state index contributed by atoms with van der Waals surface area (Å²) in [5.74, 6) is 2.30. The van der Waals surface area contributed by atoms with Crippen LogP contribution >= 0.6 is 0 Å². The van der Waals surface area contributed by atoms with Crippen molar-refractivity contribution in [3.63, 3.8) is 0 Å². The molecule has 3 aliphatic carbocycles. The van der Waals surface area contributed by atoms with Crippen molar-refractivity contribution in [3.8, 4) is 6.07 Å². The predicted molar refractivity (Wildman–Crippen MR) is 93.6 cm³/mol. The van der Waals surface area contributed by atoms with E-state index >= 15 is 0 Å². The van der Waals surface area contributed by atoms with E-state index in [0.717, 1.165) is 43.1 Å². The molecule has 0 unspecified atom stereocenters. The normalized spacial score (nSPS) is 46.8. The molecule has 3 rings (SSSR count). The molecule has 2 fully saturated rings. The zero-order chi connectivity index (χ0) is 16.7. The van der Waals surface area contributed by atoms with Gasteiger partial charge in [-0.05, 0) is 80.0 Å². The van der Waals surface area contributed by atoms with E-state index in [1.165, 1.54) is 32.1 Å². The number of aliphatic hydroxyl groups excluding tert-OH is 1. The maximum atomic E-state index is 10.1. The zero-order valence-corrected chi connectivity index (χ0v) is 15.1. The van der Waals surface area contributed by atoms with Crippen LogP contribution in [0, 0.1) is 39.9 Å². The molecule has 2 nitrogen and oxygen atoms in total. The van der Waals surface area contributed by atoms with Gasteiger partial charge in [-0.3, -0.25) is 0 Å². The van der Waals surface area contributed by atoms with Gasteiger partial charge in [0.25, 0.3) is 0 Å². The van der Waals surface area contributed by atoms with Crippen molar-refractivity contribution in [2.24, 2.45) is 28.6 Å². The summed E-state index contributed by atoms with van der Waals surface area (Å²) in [6, 6.07) is 2.36. The molecule has 0 heterocycles. The Morgan fingerprint density at radius 2 is 2.04 bits per heavy atom. The van der Waals surface area contributed by atoms with Crippen molar-refractivity contribution in [1.29, 1.82) is 5.26 Å². The first-order valence-corrected chi connectivity index (χ1v) is 9.66. The largest absolute Gasteiger partial charge is 0.393 e. The molecule has 2 saturated carbocycles. The average molecular weight is 316 g/mol. The number of allylic oxidation sites excluding steroid dienone is 2. The minimum Gasteiger partial charge on any atom is -0.393 e. The van der Waals surface area contributed by atoms with Crippen LogP contribution in [0.15, 0.2) is 11.6 Å². The summed E-state index contributed by atoms with van der Waals surface area (Å²) in [7, 11) is 0. The van der Waals surface area contributed by atoms with Crippen molar-refractivity contribution in [2.75, 3.05) is 0 Å². The molecule has 3 aliphatic rings. The summed E-state index contributed by atoms with van der Waals surface area (Å²) < 4.78 is 0. The molecule has 0 amide bonds. The van der Waals surface area contributed by atoms with Crippen LogP contribution in [0.4, 0.5) is 0 Å². The fourth-order valence-electron chi connectivity index (χ4n) is 6.02. The highest BCUT2D eigenvalue weighted by Gasteiger charge is 2.49. The van der Waals surface area contributed by atoms with E-state index in [4.69, 9.17) is 5.26 Å². The van der Waals surface area contributed by atoms with Gasteiger partial charge in [-0.25, -0.2) is 0 Å². The van der Waals surface area contributed by atoms with E-state index in [9.17, 15) is 5.11 Å². The van der Waals surface area contributed by atoms with Gasteiger partial charge in [-0.2, -0.15) is 5.26 Å². The molecule has 0 radical (unpaired) electrons. The van der Waals surface area contributed by atoms with Crippen molar-refractivity contribution in [3.05, 3.63) is 11.6 Å². The van der Waals surface area contributed by atoms with Crippen LogP contribution in [0.1, 0.15) is 78.6 Å². The van der Waals surface area contributed by atoms with Crippen LogP contribution in [-0.2, 0) is 0 Å². The van der Waals surface area contributed by atoms with Crippen LogP contribution in [0.2, 0.25) is 0 Å². The lowest BCUT2D eigenvalue weighted by Gasteiger charge is -2.54. The van der Waals surface area contributed by atoms with Crippen LogP contribution in [0.3, 0.4) is 0 Å². The number of fused-ring (bicyclic) bond motifs is 1. The number of nitriles is 1. The molecule has 0 aromatic rings. The van der Waals surface area contributed by atoms with E-state index in [1.54, 1.807) is 0 Å². The molecule has 2 heteroatoms. The SMILES string of the molecule is C[C@H]1CC[C@@H]2C[C@@H](O)CC[C@@]2(C)[C@@H]1CC[C@@]1(C)C=C(C#N)CC1. The van der Waals surface area contributed by atoms with Crippen LogP contribution in [0.25, 0.3) is 0 Å². The number of nitrogens with zero attached hydrogens (tertiary/aromatic N) is 1. The van der Waals surface area contributed by atoms with E-state index in [2.05, 4.69) is 32.9 Å². The summed E-state index contributed by atoms with van der Waals surface area (Å²) in [6.45, 7) is 7.30. The van der Waals surface area contributed by atoms with Gasteiger partial charge in [0.2, 0.25) is 0 Å².